The van der Waals surface area contributed by atoms with E-state index in [0.717, 1.165) is 24.8 Å². The van der Waals surface area contributed by atoms with Gasteiger partial charge in [-0.1, -0.05) is 37.6 Å². The van der Waals surface area contributed by atoms with Crippen LogP contribution in [0.3, 0.4) is 0 Å². The minimum Gasteiger partial charge on any atom is -0.357 e. The fraction of sp³-hybridized carbons (Fsp3) is 0.542. The molecule has 0 aromatic heterocycles. The molecule has 0 radical (unpaired) electrons. The zero-order valence-electron chi connectivity index (χ0n) is 16.6. The van der Waals surface area contributed by atoms with Gasteiger partial charge in [-0.05, 0) is 37.0 Å². The summed E-state index contributed by atoms with van der Waals surface area (Å²) in [6.07, 6.45) is 9.70. The molecular formula is C24H31N2O+. The van der Waals surface area contributed by atoms with Crippen LogP contribution in [-0.4, -0.2) is 36.4 Å². The van der Waals surface area contributed by atoms with E-state index in [4.69, 9.17) is 0 Å². The standard InChI is InChI=1S/C24H30N2O/c1-3-5-8-12-26-13-11-24-20-9-6-7-10-21(20)25-23(24)19(16-27)18(14-22(24)26)17(4-2)15-26/h4,6-7,9-10,16,18,22H,3,5,8,11-15H2,1-2H3/p+1/b17-4+/t18-,22-,24+,26+/m0/s1. The summed E-state index contributed by atoms with van der Waals surface area (Å²) in [5.74, 6) is 0.318. The first-order chi connectivity index (χ1) is 13.2. The second-order valence-electron chi connectivity index (χ2n) is 9.04. The Morgan fingerprint density at radius 1 is 1.30 bits per heavy atom. The summed E-state index contributed by atoms with van der Waals surface area (Å²) in [6, 6.07) is 9.41. The van der Waals surface area contributed by atoms with Crippen molar-refractivity contribution < 1.29 is 9.28 Å². The van der Waals surface area contributed by atoms with Crippen molar-refractivity contribution in [1.82, 2.24) is 0 Å². The van der Waals surface area contributed by atoms with Crippen molar-refractivity contribution in [1.29, 1.82) is 0 Å². The fourth-order valence-electron chi connectivity index (χ4n) is 6.91. The van der Waals surface area contributed by atoms with Crippen LogP contribution >= 0.6 is 0 Å². The summed E-state index contributed by atoms with van der Waals surface area (Å²) < 4.78 is 1.24. The van der Waals surface area contributed by atoms with E-state index in [1.165, 1.54) is 65.8 Å². The van der Waals surface area contributed by atoms with Gasteiger partial charge in [-0.25, -0.2) is 0 Å². The molecule has 1 N–H and O–H groups in total. The zero-order chi connectivity index (χ0) is 18.6. The van der Waals surface area contributed by atoms with Crippen LogP contribution in [0.4, 0.5) is 5.69 Å². The lowest BCUT2D eigenvalue weighted by Crippen LogP contribution is -2.63. The van der Waals surface area contributed by atoms with Gasteiger partial charge in [-0.3, -0.25) is 4.79 Å². The highest BCUT2D eigenvalue weighted by atomic mass is 16.1. The minimum atomic E-state index is 0.0365. The minimum absolute atomic E-state index is 0.0365. The first-order valence-electron chi connectivity index (χ1n) is 10.8. The maximum Gasteiger partial charge on any atom is 0.148 e. The molecule has 0 unspecified atom stereocenters. The number of para-hydroxylation sites is 1. The van der Waals surface area contributed by atoms with Crippen LogP contribution in [0.2, 0.25) is 0 Å². The second-order valence-corrected chi connectivity index (χ2v) is 9.04. The number of carbonyl (C=O) groups is 1. The quantitative estimate of drug-likeness (QED) is 0.360. The molecule has 2 saturated heterocycles. The van der Waals surface area contributed by atoms with Crippen molar-refractivity contribution in [2.24, 2.45) is 5.92 Å². The number of quaternary nitrogens is 1. The molecule has 3 nitrogen and oxygen atoms in total. The highest BCUT2D eigenvalue weighted by Crippen LogP contribution is 2.63. The van der Waals surface area contributed by atoms with Gasteiger partial charge in [0.25, 0.3) is 0 Å². The number of carbonyl (C=O) groups excluding carboxylic acids is 1. The van der Waals surface area contributed by atoms with Crippen molar-refractivity contribution in [2.45, 2.75) is 57.4 Å². The van der Waals surface area contributed by atoms with Crippen LogP contribution in [0.1, 0.15) is 51.5 Å². The number of benzene rings is 1. The van der Waals surface area contributed by atoms with Crippen LogP contribution < -0.4 is 5.32 Å². The molecule has 0 saturated carbocycles. The van der Waals surface area contributed by atoms with Gasteiger partial charge in [0.2, 0.25) is 0 Å². The van der Waals surface area contributed by atoms with Gasteiger partial charge < -0.3 is 9.80 Å². The fourth-order valence-corrected chi connectivity index (χ4v) is 6.91. The Bertz CT molecular complexity index is 854. The maximum absolute atomic E-state index is 12.2. The molecule has 27 heavy (non-hydrogen) atoms. The third kappa shape index (κ3) is 2.09. The summed E-state index contributed by atoms with van der Waals surface area (Å²) in [4.78, 5) is 12.2. The topological polar surface area (TPSA) is 29.1 Å². The number of nitrogens with one attached hydrogen (secondary N) is 1. The zero-order valence-corrected chi connectivity index (χ0v) is 16.6. The van der Waals surface area contributed by atoms with E-state index in [0.29, 0.717) is 12.0 Å². The smallest absolute Gasteiger partial charge is 0.148 e. The molecule has 1 aromatic rings. The third-order valence-electron chi connectivity index (χ3n) is 8.07. The SMILES string of the molecule is C/C=C1\C[N@@+]2(CCCCC)CC[C@]34C(=C(C=O)[C@H]1C[C@@H]32)Nc1ccccc14. The average molecular weight is 364 g/mol. The van der Waals surface area contributed by atoms with E-state index < -0.39 is 0 Å². The molecule has 3 heterocycles. The van der Waals surface area contributed by atoms with Gasteiger partial charge in [0, 0.05) is 35.7 Å². The normalized spacial score (nSPS) is 37.2. The Labute approximate surface area is 162 Å². The monoisotopic (exact) mass is 363 g/mol. The number of anilines is 1. The summed E-state index contributed by atoms with van der Waals surface area (Å²) in [5.41, 5.74) is 6.48. The summed E-state index contributed by atoms with van der Waals surface area (Å²) in [5, 5.41) is 3.72. The highest BCUT2D eigenvalue weighted by Gasteiger charge is 2.68. The van der Waals surface area contributed by atoms with Crippen molar-refractivity contribution in [2.75, 3.05) is 25.0 Å². The predicted molar refractivity (Wildman–Crippen MR) is 109 cm³/mol. The van der Waals surface area contributed by atoms with Gasteiger partial charge in [-0.15, -0.1) is 0 Å². The lowest BCUT2D eigenvalue weighted by Gasteiger charge is -2.53. The molecule has 2 fully saturated rings. The number of piperidine rings is 1. The number of allylic oxidation sites excluding steroid dienone is 2. The molecule has 1 aliphatic carbocycles. The van der Waals surface area contributed by atoms with E-state index in [1.807, 2.05) is 0 Å². The predicted octanol–water partition coefficient (Wildman–Crippen LogP) is 4.56. The number of hydrogen-bond acceptors (Lipinski definition) is 2. The Kier molecular flexibility index (Phi) is 3.87. The van der Waals surface area contributed by atoms with Gasteiger partial charge in [0.15, 0.2) is 0 Å². The molecule has 3 heteroatoms. The molecule has 1 spiro atoms. The molecule has 3 aliphatic heterocycles. The molecule has 142 valence electrons. The lowest BCUT2D eigenvalue weighted by atomic mass is 9.61. The first-order valence-corrected chi connectivity index (χ1v) is 10.8. The average Bonchev–Trinajstić information content (AvgIpc) is 3.22. The molecule has 2 bridgehead atoms. The number of fused-ring (bicyclic) bond motifs is 2. The summed E-state index contributed by atoms with van der Waals surface area (Å²) in [6.45, 7) is 8.13. The van der Waals surface area contributed by atoms with Gasteiger partial charge in [0.05, 0.1) is 18.5 Å². The highest BCUT2D eigenvalue weighted by molar-refractivity contribution is 5.84. The van der Waals surface area contributed by atoms with Crippen LogP contribution in [0.5, 0.6) is 0 Å². The van der Waals surface area contributed by atoms with E-state index in [2.05, 4.69) is 49.5 Å². The summed E-state index contributed by atoms with van der Waals surface area (Å²) >= 11 is 0. The van der Waals surface area contributed by atoms with Crippen molar-refractivity contribution in [3.05, 3.63) is 52.7 Å². The Morgan fingerprint density at radius 2 is 2.15 bits per heavy atom. The van der Waals surface area contributed by atoms with E-state index in [9.17, 15) is 4.79 Å². The van der Waals surface area contributed by atoms with Gasteiger partial charge >= 0.3 is 0 Å². The van der Waals surface area contributed by atoms with Crippen LogP contribution in [0.25, 0.3) is 0 Å². The van der Waals surface area contributed by atoms with Crippen molar-refractivity contribution in [3.8, 4) is 0 Å². The molecule has 4 aliphatic rings. The van der Waals surface area contributed by atoms with Crippen molar-refractivity contribution in [3.63, 3.8) is 0 Å². The number of hydrogen-bond donors (Lipinski definition) is 1. The number of aldehydes is 1. The first kappa shape index (κ1) is 17.2. The van der Waals surface area contributed by atoms with Crippen LogP contribution in [-0.2, 0) is 10.2 Å². The molecule has 4 atom stereocenters. The Hall–Kier alpha value is -1.87. The third-order valence-corrected chi connectivity index (χ3v) is 8.07. The second kappa shape index (κ2) is 6.07. The summed E-state index contributed by atoms with van der Waals surface area (Å²) in [7, 11) is 0. The van der Waals surface area contributed by atoms with Crippen LogP contribution in [0.15, 0.2) is 47.2 Å². The molecular weight excluding hydrogens is 332 g/mol. The Morgan fingerprint density at radius 3 is 2.93 bits per heavy atom. The van der Waals surface area contributed by atoms with E-state index in [1.54, 1.807) is 0 Å². The van der Waals surface area contributed by atoms with Gasteiger partial charge in [-0.2, -0.15) is 0 Å². The van der Waals surface area contributed by atoms with E-state index in [-0.39, 0.29) is 5.41 Å². The molecule has 5 rings (SSSR count). The molecule has 1 aromatic carbocycles. The van der Waals surface area contributed by atoms with E-state index >= 15 is 0 Å². The van der Waals surface area contributed by atoms with Crippen LogP contribution in [0, 0.1) is 5.92 Å². The van der Waals surface area contributed by atoms with Crippen molar-refractivity contribution >= 4 is 12.0 Å². The maximum atomic E-state index is 12.2. The lowest BCUT2D eigenvalue weighted by molar-refractivity contribution is -0.941. The Balaban J connectivity index is 1.71. The van der Waals surface area contributed by atoms with Gasteiger partial charge in [0.1, 0.15) is 18.9 Å². The number of rotatable bonds is 5. The number of nitrogens with zero attached hydrogens (tertiary/aromatic N) is 1. The number of unbranched alkanes of at least 4 members (excludes halogenated alkanes) is 2. The molecule has 0 amide bonds. The largest absolute Gasteiger partial charge is 0.357 e.